The summed E-state index contributed by atoms with van der Waals surface area (Å²) in [5.41, 5.74) is 8.19. The molecule has 2 aromatic rings. The Morgan fingerprint density at radius 3 is 2.42 bits per heavy atom. The fourth-order valence-corrected chi connectivity index (χ4v) is 2.92. The number of amides is 2. The van der Waals surface area contributed by atoms with Gasteiger partial charge in [-0.05, 0) is 35.4 Å². The highest BCUT2D eigenvalue weighted by atomic mass is 16.5. The number of nitrogens with two attached hydrogens (primary N) is 1. The molecule has 0 aliphatic carbocycles. The normalized spacial score (nSPS) is 14.8. The van der Waals surface area contributed by atoms with Gasteiger partial charge in [0, 0.05) is 37.3 Å². The van der Waals surface area contributed by atoms with Gasteiger partial charge >= 0.3 is 0 Å². The van der Waals surface area contributed by atoms with E-state index in [2.05, 4.69) is 10.2 Å². The molecule has 6 nitrogen and oxygen atoms in total. The van der Waals surface area contributed by atoms with Gasteiger partial charge in [-0.3, -0.25) is 14.5 Å². The molecule has 0 radical (unpaired) electrons. The van der Waals surface area contributed by atoms with Crippen molar-refractivity contribution in [2.75, 3.05) is 39.4 Å². The van der Waals surface area contributed by atoms with Crippen molar-refractivity contribution in [1.29, 1.82) is 0 Å². The summed E-state index contributed by atoms with van der Waals surface area (Å²) in [7, 11) is 0. The van der Waals surface area contributed by atoms with Crippen LogP contribution in [0.15, 0.2) is 48.5 Å². The number of carbonyl (C=O) groups is 2. The average Bonchev–Trinajstić information content (AvgIpc) is 2.69. The Labute approximate surface area is 152 Å². The van der Waals surface area contributed by atoms with Crippen LogP contribution in [0.1, 0.15) is 20.7 Å². The molecule has 0 aromatic heterocycles. The average molecular weight is 353 g/mol. The first kappa shape index (κ1) is 18.1. The van der Waals surface area contributed by atoms with Crippen LogP contribution in [0.4, 0.5) is 0 Å². The second-order valence-electron chi connectivity index (χ2n) is 6.23. The highest BCUT2D eigenvalue weighted by Crippen LogP contribution is 2.21. The lowest BCUT2D eigenvalue weighted by Gasteiger charge is -2.26. The molecule has 1 aliphatic heterocycles. The number of nitrogens with one attached hydrogen (secondary N) is 1. The van der Waals surface area contributed by atoms with Crippen LogP contribution in [0.3, 0.4) is 0 Å². The first-order valence-corrected chi connectivity index (χ1v) is 8.72. The van der Waals surface area contributed by atoms with E-state index in [-0.39, 0.29) is 5.91 Å². The first-order valence-electron chi connectivity index (χ1n) is 8.72. The number of carbonyl (C=O) groups excluding carboxylic acids is 2. The van der Waals surface area contributed by atoms with Crippen LogP contribution < -0.4 is 11.1 Å². The van der Waals surface area contributed by atoms with Crippen molar-refractivity contribution in [1.82, 2.24) is 10.2 Å². The van der Waals surface area contributed by atoms with Crippen molar-refractivity contribution in [3.63, 3.8) is 0 Å². The quantitative estimate of drug-likeness (QED) is 0.824. The Bertz CT molecular complexity index is 768. The Morgan fingerprint density at radius 2 is 1.73 bits per heavy atom. The highest BCUT2D eigenvalue weighted by molar-refractivity contribution is 5.96. The van der Waals surface area contributed by atoms with Crippen molar-refractivity contribution in [3.8, 4) is 11.1 Å². The van der Waals surface area contributed by atoms with Gasteiger partial charge in [-0.2, -0.15) is 0 Å². The number of morpholine rings is 1. The molecule has 1 fully saturated rings. The summed E-state index contributed by atoms with van der Waals surface area (Å²) in [5, 5.41) is 2.97. The van der Waals surface area contributed by atoms with Crippen LogP contribution in [0, 0.1) is 0 Å². The van der Waals surface area contributed by atoms with Gasteiger partial charge in [0.1, 0.15) is 0 Å². The summed E-state index contributed by atoms with van der Waals surface area (Å²) in [4.78, 5) is 25.8. The van der Waals surface area contributed by atoms with E-state index in [0.717, 1.165) is 44.0 Å². The lowest BCUT2D eigenvalue weighted by Crippen LogP contribution is -2.41. The third kappa shape index (κ3) is 4.68. The highest BCUT2D eigenvalue weighted by Gasteiger charge is 2.11. The number of hydrogen-bond acceptors (Lipinski definition) is 4. The van der Waals surface area contributed by atoms with Crippen LogP contribution in [0.25, 0.3) is 11.1 Å². The largest absolute Gasteiger partial charge is 0.379 e. The molecule has 3 N–H and O–H groups in total. The van der Waals surface area contributed by atoms with E-state index in [1.807, 2.05) is 30.3 Å². The zero-order valence-electron chi connectivity index (χ0n) is 14.6. The monoisotopic (exact) mass is 353 g/mol. The fourth-order valence-electron chi connectivity index (χ4n) is 2.92. The predicted molar refractivity (Wildman–Crippen MR) is 100.0 cm³/mol. The van der Waals surface area contributed by atoms with Crippen molar-refractivity contribution >= 4 is 11.8 Å². The van der Waals surface area contributed by atoms with Crippen molar-refractivity contribution in [2.45, 2.75) is 0 Å². The molecular formula is C20H23N3O3. The van der Waals surface area contributed by atoms with Gasteiger partial charge in [0.05, 0.1) is 13.2 Å². The molecule has 1 saturated heterocycles. The zero-order valence-corrected chi connectivity index (χ0v) is 14.6. The number of rotatable bonds is 6. The number of hydrogen-bond donors (Lipinski definition) is 2. The second-order valence-corrected chi connectivity index (χ2v) is 6.23. The number of ether oxygens (including phenoxy) is 1. The van der Waals surface area contributed by atoms with Gasteiger partial charge in [0.25, 0.3) is 5.91 Å². The van der Waals surface area contributed by atoms with Crippen LogP contribution in [0.2, 0.25) is 0 Å². The molecule has 136 valence electrons. The molecule has 0 spiro atoms. The van der Waals surface area contributed by atoms with E-state index in [0.29, 0.717) is 17.7 Å². The Balaban J connectivity index is 1.60. The van der Waals surface area contributed by atoms with Crippen molar-refractivity contribution in [3.05, 3.63) is 59.7 Å². The summed E-state index contributed by atoms with van der Waals surface area (Å²) in [5.74, 6) is -0.543. The summed E-state index contributed by atoms with van der Waals surface area (Å²) < 4.78 is 5.32. The van der Waals surface area contributed by atoms with Gasteiger partial charge in [-0.15, -0.1) is 0 Å². The van der Waals surface area contributed by atoms with Crippen molar-refractivity contribution < 1.29 is 14.3 Å². The third-order valence-corrected chi connectivity index (χ3v) is 4.44. The molecule has 1 aliphatic rings. The standard InChI is InChI=1S/C20H23N3O3/c21-19(24)16-6-4-15(5-7-16)17-2-1-3-18(14-17)20(25)22-8-9-23-10-12-26-13-11-23/h1-7,14H,8-13H2,(H2,21,24)(H,22,25). The van der Waals surface area contributed by atoms with Crippen LogP contribution in [0.5, 0.6) is 0 Å². The molecule has 0 atom stereocenters. The smallest absolute Gasteiger partial charge is 0.251 e. The minimum absolute atomic E-state index is 0.0890. The van der Waals surface area contributed by atoms with Gasteiger partial charge in [-0.1, -0.05) is 24.3 Å². The molecule has 1 heterocycles. The Morgan fingerprint density at radius 1 is 1.00 bits per heavy atom. The van der Waals surface area contributed by atoms with Crippen LogP contribution >= 0.6 is 0 Å². The minimum atomic E-state index is -0.454. The van der Waals surface area contributed by atoms with E-state index in [1.54, 1.807) is 18.2 Å². The van der Waals surface area contributed by atoms with Crippen LogP contribution in [-0.4, -0.2) is 56.1 Å². The maximum Gasteiger partial charge on any atom is 0.251 e. The zero-order chi connectivity index (χ0) is 18.4. The van der Waals surface area contributed by atoms with Gasteiger partial charge in [0.15, 0.2) is 0 Å². The molecule has 0 bridgehead atoms. The number of benzene rings is 2. The van der Waals surface area contributed by atoms with E-state index >= 15 is 0 Å². The summed E-state index contributed by atoms with van der Waals surface area (Å²) >= 11 is 0. The molecule has 26 heavy (non-hydrogen) atoms. The molecule has 6 heteroatoms. The van der Waals surface area contributed by atoms with Gasteiger partial charge in [-0.25, -0.2) is 0 Å². The van der Waals surface area contributed by atoms with E-state index in [1.165, 1.54) is 0 Å². The maximum absolute atomic E-state index is 12.4. The molecular weight excluding hydrogens is 330 g/mol. The number of primary amides is 1. The lowest BCUT2D eigenvalue weighted by molar-refractivity contribution is 0.0383. The van der Waals surface area contributed by atoms with Crippen molar-refractivity contribution in [2.24, 2.45) is 5.73 Å². The summed E-state index contributed by atoms with van der Waals surface area (Å²) in [6.45, 7) is 4.76. The first-order chi connectivity index (χ1) is 12.6. The van der Waals surface area contributed by atoms with E-state index < -0.39 is 5.91 Å². The molecule has 3 rings (SSSR count). The van der Waals surface area contributed by atoms with Crippen LogP contribution in [-0.2, 0) is 4.74 Å². The fraction of sp³-hybridized carbons (Fsp3) is 0.300. The number of nitrogens with zero attached hydrogens (tertiary/aromatic N) is 1. The van der Waals surface area contributed by atoms with E-state index in [9.17, 15) is 9.59 Å². The predicted octanol–water partition coefficient (Wildman–Crippen LogP) is 1.51. The SMILES string of the molecule is NC(=O)c1ccc(-c2cccc(C(=O)NCCN3CCOCC3)c2)cc1. The van der Waals surface area contributed by atoms with Gasteiger partial charge in [0.2, 0.25) is 5.91 Å². The third-order valence-electron chi connectivity index (χ3n) is 4.44. The Hall–Kier alpha value is -2.70. The summed E-state index contributed by atoms with van der Waals surface area (Å²) in [6.07, 6.45) is 0. The van der Waals surface area contributed by atoms with Gasteiger partial charge < -0.3 is 15.8 Å². The molecule has 2 aromatic carbocycles. The van der Waals surface area contributed by atoms with E-state index in [4.69, 9.17) is 10.5 Å². The maximum atomic E-state index is 12.4. The molecule has 0 saturated carbocycles. The lowest BCUT2D eigenvalue weighted by atomic mass is 10.0. The molecule has 0 unspecified atom stereocenters. The minimum Gasteiger partial charge on any atom is -0.379 e. The topological polar surface area (TPSA) is 84.7 Å². The summed E-state index contributed by atoms with van der Waals surface area (Å²) in [6, 6.07) is 14.5. The Kier molecular flexibility index (Phi) is 5.99. The molecule has 2 amide bonds. The second kappa shape index (κ2) is 8.60.